The molecule has 0 amide bonds. The molecule has 1 aromatic heterocycles. The van der Waals surface area contributed by atoms with Gasteiger partial charge in [-0.05, 0) is 31.9 Å². The van der Waals surface area contributed by atoms with E-state index in [0.717, 1.165) is 35.2 Å². The normalized spacial score (nSPS) is 10.9. The molecule has 0 radical (unpaired) electrons. The molecular weight excluding hydrogens is 435 g/mol. The van der Waals surface area contributed by atoms with E-state index >= 15 is 0 Å². The minimum Gasteiger partial charge on any atom is -0.493 e. The largest absolute Gasteiger partial charge is 0.493 e. The first kappa shape index (κ1) is 20.7. The third kappa shape index (κ3) is 7.04. The zero-order valence-corrected chi connectivity index (χ0v) is 17.5. The van der Waals surface area contributed by atoms with Crippen LogP contribution in [0.25, 0.3) is 0 Å². The van der Waals surface area contributed by atoms with Crippen molar-refractivity contribution in [1.29, 1.82) is 0 Å². The van der Waals surface area contributed by atoms with E-state index in [1.807, 2.05) is 24.4 Å². The van der Waals surface area contributed by atoms with Crippen LogP contribution in [0.5, 0.6) is 5.75 Å². The first-order valence-corrected chi connectivity index (χ1v) is 8.55. The van der Waals surface area contributed by atoms with Crippen molar-refractivity contribution in [1.82, 2.24) is 15.6 Å². The Labute approximate surface area is 165 Å². The Morgan fingerprint density at radius 3 is 2.71 bits per heavy atom. The highest BCUT2D eigenvalue weighted by atomic mass is 127. The summed E-state index contributed by atoms with van der Waals surface area (Å²) in [5, 5.41) is 7.61. The first-order chi connectivity index (χ1) is 11.2. The molecule has 0 aliphatic carbocycles. The third-order valence-corrected chi connectivity index (χ3v) is 4.18. The molecule has 0 saturated heterocycles. The molecule has 0 aliphatic rings. The highest BCUT2D eigenvalue weighted by Gasteiger charge is 2.02. The topological polar surface area (TPSA) is 58.5 Å². The molecule has 0 unspecified atom stereocenters. The van der Waals surface area contributed by atoms with Gasteiger partial charge in [0.1, 0.15) is 10.8 Å². The van der Waals surface area contributed by atoms with Gasteiger partial charge >= 0.3 is 0 Å². The highest BCUT2D eigenvalue weighted by molar-refractivity contribution is 14.0. The molecule has 0 atom stereocenters. The van der Waals surface area contributed by atoms with Crippen LogP contribution in [0.4, 0.5) is 0 Å². The molecule has 2 N–H and O–H groups in total. The molecule has 132 valence electrons. The Balaban J connectivity index is 0.00000288. The van der Waals surface area contributed by atoms with Gasteiger partial charge in [0, 0.05) is 24.7 Å². The van der Waals surface area contributed by atoms with E-state index in [2.05, 4.69) is 40.5 Å². The van der Waals surface area contributed by atoms with Gasteiger partial charge in [-0.1, -0.05) is 18.2 Å². The van der Waals surface area contributed by atoms with Crippen molar-refractivity contribution in [2.75, 3.05) is 20.2 Å². The SMILES string of the molecule is CN=C(NCCCOc1ccccc1C)NCc1ncc(C)s1.I. The minimum atomic E-state index is 0. The summed E-state index contributed by atoms with van der Waals surface area (Å²) in [5.74, 6) is 1.74. The molecule has 2 rings (SSSR count). The van der Waals surface area contributed by atoms with Gasteiger partial charge in [-0.2, -0.15) is 0 Å². The fraction of sp³-hybridized carbons (Fsp3) is 0.412. The lowest BCUT2D eigenvalue weighted by Gasteiger charge is -2.12. The smallest absolute Gasteiger partial charge is 0.191 e. The Morgan fingerprint density at radius 1 is 1.25 bits per heavy atom. The van der Waals surface area contributed by atoms with Crippen molar-refractivity contribution < 1.29 is 4.74 Å². The Kier molecular flexibility index (Phi) is 9.70. The quantitative estimate of drug-likeness (QED) is 0.288. The van der Waals surface area contributed by atoms with Crippen LogP contribution in [-0.2, 0) is 6.54 Å². The second-order valence-electron chi connectivity index (χ2n) is 5.18. The van der Waals surface area contributed by atoms with Crippen molar-refractivity contribution in [3.63, 3.8) is 0 Å². The number of hydrogen-bond acceptors (Lipinski definition) is 4. The van der Waals surface area contributed by atoms with Gasteiger partial charge < -0.3 is 15.4 Å². The number of nitrogens with one attached hydrogen (secondary N) is 2. The Hall–Kier alpha value is -1.35. The average Bonchev–Trinajstić information content (AvgIpc) is 2.97. The van der Waals surface area contributed by atoms with Crippen LogP contribution in [-0.4, -0.2) is 31.1 Å². The summed E-state index contributed by atoms with van der Waals surface area (Å²) in [6.07, 6.45) is 2.80. The van der Waals surface area contributed by atoms with Gasteiger partial charge in [0.25, 0.3) is 0 Å². The molecule has 7 heteroatoms. The van der Waals surface area contributed by atoms with E-state index in [-0.39, 0.29) is 24.0 Å². The lowest BCUT2D eigenvalue weighted by atomic mass is 10.2. The maximum atomic E-state index is 5.78. The number of para-hydroxylation sites is 1. The van der Waals surface area contributed by atoms with Crippen LogP contribution < -0.4 is 15.4 Å². The van der Waals surface area contributed by atoms with Crippen molar-refractivity contribution in [2.45, 2.75) is 26.8 Å². The number of aromatic nitrogens is 1. The molecule has 0 aliphatic heterocycles. The van der Waals surface area contributed by atoms with E-state index in [1.54, 1.807) is 18.4 Å². The predicted molar refractivity (Wildman–Crippen MR) is 112 cm³/mol. The standard InChI is InChI=1S/C17H24N4OS.HI/c1-13-7-4-5-8-15(13)22-10-6-9-19-17(18-3)21-12-16-20-11-14(2)23-16;/h4-5,7-8,11H,6,9-10,12H2,1-3H3,(H2,18,19,21);1H. The lowest BCUT2D eigenvalue weighted by molar-refractivity contribution is 0.309. The fourth-order valence-corrected chi connectivity index (χ4v) is 2.77. The summed E-state index contributed by atoms with van der Waals surface area (Å²) in [6, 6.07) is 8.06. The fourth-order valence-electron chi connectivity index (χ4n) is 2.04. The zero-order valence-electron chi connectivity index (χ0n) is 14.3. The number of aryl methyl sites for hydroxylation is 2. The van der Waals surface area contributed by atoms with Gasteiger partial charge in [0.15, 0.2) is 5.96 Å². The second-order valence-corrected chi connectivity index (χ2v) is 6.50. The summed E-state index contributed by atoms with van der Waals surface area (Å²) in [5.41, 5.74) is 1.16. The van der Waals surface area contributed by atoms with E-state index in [0.29, 0.717) is 13.2 Å². The molecule has 1 heterocycles. The number of hydrogen-bond donors (Lipinski definition) is 2. The minimum absolute atomic E-state index is 0. The van der Waals surface area contributed by atoms with Crippen LogP contribution in [0.3, 0.4) is 0 Å². The van der Waals surface area contributed by atoms with Crippen molar-refractivity contribution in [2.24, 2.45) is 4.99 Å². The number of thiazole rings is 1. The predicted octanol–water partition coefficient (Wildman–Crippen LogP) is 3.51. The monoisotopic (exact) mass is 460 g/mol. The molecule has 0 spiro atoms. The van der Waals surface area contributed by atoms with Crippen LogP contribution in [0.15, 0.2) is 35.5 Å². The zero-order chi connectivity index (χ0) is 16.5. The number of halogens is 1. The highest BCUT2D eigenvalue weighted by Crippen LogP contribution is 2.16. The lowest BCUT2D eigenvalue weighted by Crippen LogP contribution is -2.37. The molecule has 0 fully saturated rings. The molecular formula is C17H25IN4OS. The summed E-state index contributed by atoms with van der Waals surface area (Å²) >= 11 is 1.69. The number of guanidine groups is 1. The molecule has 0 bridgehead atoms. The van der Waals surface area contributed by atoms with Crippen LogP contribution in [0, 0.1) is 13.8 Å². The van der Waals surface area contributed by atoms with Gasteiger partial charge in [-0.3, -0.25) is 4.99 Å². The van der Waals surface area contributed by atoms with Crippen molar-refractivity contribution >= 4 is 41.3 Å². The molecule has 1 aromatic carbocycles. The van der Waals surface area contributed by atoms with E-state index in [1.165, 1.54) is 4.88 Å². The Morgan fingerprint density at radius 2 is 2.04 bits per heavy atom. The molecule has 0 saturated carbocycles. The molecule has 5 nitrogen and oxygen atoms in total. The number of aliphatic imine (C=N–C) groups is 1. The van der Waals surface area contributed by atoms with Crippen LogP contribution >= 0.6 is 35.3 Å². The Bertz CT molecular complexity index is 645. The van der Waals surface area contributed by atoms with Gasteiger partial charge in [0.2, 0.25) is 0 Å². The maximum absolute atomic E-state index is 5.78. The van der Waals surface area contributed by atoms with Crippen molar-refractivity contribution in [3.8, 4) is 5.75 Å². The molecule has 2 aromatic rings. The van der Waals surface area contributed by atoms with E-state index in [9.17, 15) is 0 Å². The number of nitrogens with zero attached hydrogens (tertiary/aromatic N) is 2. The summed E-state index contributed by atoms with van der Waals surface area (Å²) in [6.45, 7) is 6.29. The number of rotatable bonds is 7. The summed E-state index contributed by atoms with van der Waals surface area (Å²) < 4.78 is 5.78. The number of benzene rings is 1. The maximum Gasteiger partial charge on any atom is 0.191 e. The summed E-state index contributed by atoms with van der Waals surface area (Å²) in [7, 11) is 1.77. The number of ether oxygens (including phenoxy) is 1. The molecule has 24 heavy (non-hydrogen) atoms. The van der Waals surface area contributed by atoms with Gasteiger partial charge in [0.05, 0.1) is 13.2 Å². The van der Waals surface area contributed by atoms with Crippen molar-refractivity contribution in [3.05, 3.63) is 45.9 Å². The van der Waals surface area contributed by atoms with Crippen LogP contribution in [0.1, 0.15) is 21.9 Å². The van der Waals surface area contributed by atoms with E-state index < -0.39 is 0 Å². The van der Waals surface area contributed by atoms with Crippen LogP contribution in [0.2, 0.25) is 0 Å². The van der Waals surface area contributed by atoms with Gasteiger partial charge in [-0.25, -0.2) is 4.98 Å². The average molecular weight is 460 g/mol. The summed E-state index contributed by atoms with van der Waals surface area (Å²) in [4.78, 5) is 9.76. The second kappa shape index (κ2) is 11.2. The third-order valence-electron chi connectivity index (χ3n) is 3.26. The first-order valence-electron chi connectivity index (χ1n) is 7.73. The van der Waals surface area contributed by atoms with Gasteiger partial charge in [-0.15, -0.1) is 35.3 Å². The van der Waals surface area contributed by atoms with E-state index in [4.69, 9.17) is 4.74 Å².